The van der Waals surface area contributed by atoms with Crippen LogP contribution in [0.5, 0.6) is 17.6 Å². The SMILES string of the molecule is C=CC(=O)N1CCN(c2nc(OC[C@@H]3C[C@H](OC)CN3C)nc3c(Oc4c(Cl)c(F)cc5[nH]ncc45)nccc23)CC1. The van der Waals surface area contributed by atoms with Gasteiger partial charge in [-0.25, -0.2) is 9.37 Å². The molecular weight excluding hydrogens is 567 g/mol. The summed E-state index contributed by atoms with van der Waals surface area (Å²) in [5.41, 5.74) is 0.794. The van der Waals surface area contributed by atoms with E-state index in [1.165, 1.54) is 18.3 Å². The Bertz CT molecular complexity index is 1640. The first-order chi connectivity index (χ1) is 20.4. The maximum Gasteiger partial charge on any atom is 0.319 e. The molecule has 220 valence electrons. The molecule has 2 saturated heterocycles. The standard InChI is InChI=1S/C28H30ClFN8O4/c1-4-22(39)37-7-9-38(10-8-37)26-18-5-6-31-27(42-25-19-13-32-35-21(19)12-20(30)23(25)29)24(18)33-28(34-26)41-15-16-11-17(40-3)14-36(16)2/h4-6,12-13,16-17H,1,7-11,14-15H2,2-3H3,(H,32,35)/t16-,17-/m0/s1. The van der Waals surface area contributed by atoms with Crippen molar-refractivity contribution in [2.24, 2.45) is 0 Å². The third-order valence-corrected chi connectivity index (χ3v) is 8.14. The van der Waals surface area contributed by atoms with Crippen molar-refractivity contribution in [1.29, 1.82) is 0 Å². The maximum absolute atomic E-state index is 14.6. The highest BCUT2D eigenvalue weighted by molar-refractivity contribution is 6.33. The van der Waals surface area contributed by atoms with Crippen molar-refractivity contribution < 1.29 is 23.4 Å². The number of likely N-dealkylation sites (N-methyl/N-ethyl adjacent to an activating group) is 1. The molecule has 2 atom stereocenters. The van der Waals surface area contributed by atoms with Gasteiger partial charge < -0.3 is 24.0 Å². The molecular formula is C28H30ClFN8O4. The Hall–Kier alpha value is -4.07. The van der Waals surface area contributed by atoms with Crippen LogP contribution in [0.15, 0.2) is 37.2 Å². The largest absolute Gasteiger partial charge is 0.462 e. The van der Waals surface area contributed by atoms with Gasteiger partial charge in [0.15, 0.2) is 5.75 Å². The quantitative estimate of drug-likeness (QED) is 0.303. The van der Waals surface area contributed by atoms with E-state index in [0.29, 0.717) is 60.4 Å². The first-order valence-corrected chi connectivity index (χ1v) is 13.9. The van der Waals surface area contributed by atoms with Gasteiger partial charge in [-0.05, 0) is 25.6 Å². The lowest BCUT2D eigenvalue weighted by Gasteiger charge is -2.35. The number of ether oxygens (including phenoxy) is 3. The molecule has 1 amide bonds. The van der Waals surface area contributed by atoms with E-state index in [4.69, 9.17) is 35.8 Å². The lowest BCUT2D eigenvalue weighted by atomic mass is 10.2. The number of hydrogen-bond donors (Lipinski definition) is 1. The van der Waals surface area contributed by atoms with Gasteiger partial charge in [-0.1, -0.05) is 18.2 Å². The summed E-state index contributed by atoms with van der Waals surface area (Å²) in [6.45, 7) is 6.83. The van der Waals surface area contributed by atoms with Crippen molar-refractivity contribution in [3.63, 3.8) is 0 Å². The zero-order valence-corrected chi connectivity index (χ0v) is 24.0. The minimum absolute atomic E-state index is 0.0674. The highest BCUT2D eigenvalue weighted by Crippen LogP contribution is 2.40. The van der Waals surface area contributed by atoms with Crippen molar-refractivity contribution in [3.05, 3.63) is 48.0 Å². The fraction of sp³-hybridized carbons (Fsp3) is 0.393. The molecule has 1 N–H and O–H groups in total. The third kappa shape index (κ3) is 5.30. The van der Waals surface area contributed by atoms with Crippen LogP contribution in [-0.2, 0) is 9.53 Å². The molecule has 0 spiro atoms. The number of piperazine rings is 1. The highest BCUT2D eigenvalue weighted by atomic mass is 35.5. The average Bonchev–Trinajstić information content (AvgIpc) is 3.63. The second kappa shape index (κ2) is 11.7. The molecule has 42 heavy (non-hydrogen) atoms. The highest BCUT2D eigenvalue weighted by Gasteiger charge is 2.31. The van der Waals surface area contributed by atoms with Gasteiger partial charge in [-0.2, -0.15) is 15.1 Å². The van der Waals surface area contributed by atoms with Crippen LogP contribution >= 0.6 is 11.6 Å². The number of H-pyrrole nitrogens is 1. The number of nitrogens with one attached hydrogen (secondary N) is 1. The Morgan fingerprint density at radius 2 is 2.07 bits per heavy atom. The molecule has 6 rings (SSSR count). The number of aromatic nitrogens is 5. The van der Waals surface area contributed by atoms with Gasteiger partial charge in [-0.3, -0.25) is 14.8 Å². The molecule has 2 aliphatic heterocycles. The van der Waals surface area contributed by atoms with Gasteiger partial charge >= 0.3 is 6.01 Å². The van der Waals surface area contributed by atoms with Crippen LogP contribution in [-0.4, -0.2) is 106 Å². The second-order valence-corrected chi connectivity index (χ2v) is 10.7. The molecule has 0 aliphatic carbocycles. The number of pyridine rings is 1. The number of methoxy groups -OCH3 is 1. The monoisotopic (exact) mass is 596 g/mol. The number of rotatable bonds is 8. The van der Waals surface area contributed by atoms with Crippen molar-refractivity contribution in [2.75, 3.05) is 58.4 Å². The summed E-state index contributed by atoms with van der Waals surface area (Å²) < 4.78 is 32.5. The van der Waals surface area contributed by atoms with Crippen LogP contribution in [0.25, 0.3) is 21.8 Å². The first kappa shape index (κ1) is 28.1. The van der Waals surface area contributed by atoms with E-state index in [9.17, 15) is 9.18 Å². The van der Waals surface area contributed by atoms with E-state index in [1.54, 1.807) is 24.3 Å². The Morgan fingerprint density at radius 1 is 1.26 bits per heavy atom. The Balaban J connectivity index is 1.38. The first-order valence-electron chi connectivity index (χ1n) is 13.5. The number of anilines is 1. The molecule has 0 unspecified atom stereocenters. The lowest BCUT2D eigenvalue weighted by molar-refractivity contribution is -0.126. The molecule has 3 aromatic heterocycles. The number of nitrogens with zero attached hydrogens (tertiary/aromatic N) is 7. The fourth-order valence-electron chi connectivity index (χ4n) is 5.41. The summed E-state index contributed by atoms with van der Waals surface area (Å²) in [7, 11) is 3.73. The zero-order chi connectivity index (χ0) is 29.4. The van der Waals surface area contributed by atoms with Crippen LogP contribution in [0.2, 0.25) is 5.02 Å². The normalized spacial score (nSPS) is 19.5. The summed E-state index contributed by atoms with van der Waals surface area (Å²) in [5.74, 6) is 0.0108. The van der Waals surface area contributed by atoms with Gasteiger partial charge in [0.2, 0.25) is 11.8 Å². The van der Waals surface area contributed by atoms with Crippen LogP contribution in [0, 0.1) is 5.82 Å². The van der Waals surface area contributed by atoms with Crippen LogP contribution < -0.4 is 14.4 Å². The number of likely N-dealkylation sites (tertiary alicyclic amines) is 1. The second-order valence-electron chi connectivity index (χ2n) is 10.3. The van der Waals surface area contributed by atoms with E-state index >= 15 is 0 Å². The molecule has 4 aromatic rings. The predicted molar refractivity (Wildman–Crippen MR) is 155 cm³/mol. The van der Waals surface area contributed by atoms with E-state index in [0.717, 1.165) is 13.0 Å². The molecule has 0 radical (unpaired) electrons. The minimum Gasteiger partial charge on any atom is -0.462 e. The van der Waals surface area contributed by atoms with Crippen LogP contribution in [0.1, 0.15) is 6.42 Å². The van der Waals surface area contributed by atoms with Gasteiger partial charge in [0.25, 0.3) is 0 Å². The van der Waals surface area contributed by atoms with Gasteiger partial charge in [0.1, 0.15) is 28.8 Å². The summed E-state index contributed by atoms with van der Waals surface area (Å²) in [6, 6.07) is 3.31. The minimum atomic E-state index is -0.662. The smallest absolute Gasteiger partial charge is 0.319 e. The van der Waals surface area contributed by atoms with Gasteiger partial charge in [0.05, 0.1) is 28.6 Å². The van der Waals surface area contributed by atoms with E-state index < -0.39 is 5.82 Å². The summed E-state index contributed by atoms with van der Waals surface area (Å²) >= 11 is 6.34. The molecule has 0 bridgehead atoms. The number of amides is 1. The fourth-order valence-corrected chi connectivity index (χ4v) is 5.60. The van der Waals surface area contributed by atoms with Crippen molar-refractivity contribution in [3.8, 4) is 17.6 Å². The third-order valence-electron chi connectivity index (χ3n) is 7.79. The number of halogens is 2. The number of fused-ring (bicyclic) bond motifs is 2. The lowest BCUT2D eigenvalue weighted by Crippen LogP contribution is -2.48. The molecule has 2 fully saturated rings. The van der Waals surface area contributed by atoms with Crippen LogP contribution in [0.4, 0.5) is 10.2 Å². The number of hydrogen-bond acceptors (Lipinski definition) is 10. The van der Waals surface area contributed by atoms with E-state index in [-0.39, 0.29) is 40.7 Å². The topological polar surface area (TPSA) is 122 Å². The number of aromatic amines is 1. The molecule has 0 saturated carbocycles. The Labute approximate surface area is 246 Å². The molecule has 1 aromatic carbocycles. The van der Waals surface area contributed by atoms with E-state index in [2.05, 4.69) is 31.6 Å². The Morgan fingerprint density at radius 3 is 2.81 bits per heavy atom. The number of benzene rings is 1. The number of carbonyl (C=O) groups is 1. The zero-order valence-electron chi connectivity index (χ0n) is 23.2. The summed E-state index contributed by atoms with van der Waals surface area (Å²) in [4.78, 5) is 32.1. The van der Waals surface area contributed by atoms with Crippen molar-refractivity contribution >= 4 is 45.1 Å². The van der Waals surface area contributed by atoms with E-state index in [1.807, 2.05) is 7.05 Å². The molecule has 2 aliphatic rings. The van der Waals surface area contributed by atoms with Crippen LogP contribution in [0.3, 0.4) is 0 Å². The van der Waals surface area contributed by atoms with Crippen molar-refractivity contribution in [1.82, 2.24) is 34.9 Å². The molecule has 12 nitrogen and oxygen atoms in total. The number of carbonyl (C=O) groups excluding carboxylic acids is 1. The molecule has 5 heterocycles. The summed E-state index contributed by atoms with van der Waals surface area (Å²) in [6.07, 6.45) is 5.35. The maximum atomic E-state index is 14.6. The Kier molecular flexibility index (Phi) is 7.80. The van der Waals surface area contributed by atoms with Gasteiger partial charge in [-0.15, -0.1) is 0 Å². The predicted octanol–water partition coefficient (Wildman–Crippen LogP) is 3.42. The van der Waals surface area contributed by atoms with Crippen molar-refractivity contribution in [2.45, 2.75) is 18.6 Å². The summed E-state index contributed by atoms with van der Waals surface area (Å²) in [5, 5.41) is 7.67. The van der Waals surface area contributed by atoms with Gasteiger partial charge in [0, 0.05) is 58.1 Å². The molecule has 14 heteroatoms. The average molecular weight is 597 g/mol.